The molecular formula is C15H21NO5S. The molecule has 1 aromatic rings. The van der Waals surface area contributed by atoms with E-state index in [1.165, 1.54) is 0 Å². The zero-order valence-corrected chi connectivity index (χ0v) is 13.8. The lowest BCUT2D eigenvalue weighted by molar-refractivity contribution is -0.150. The Morgan fingerprint density at radius 3 is 2.50 bits per heavy atom. The zero-order chi connectivity index (χ0) is 16.5. The highest BCUT2D eigenvalue weighted by Gasteiger charge is 2.41. The topological polar surface area (TPSA) is 83.9 Å². The number of morpholine rings is 1. The van der Waals surface area contributed by atoms with Gasteiger partial charge >= 0.3 is 5.97 Å². The van der Waals surface area contributed by atoms with Crippen molar-refractivity contribution in [3.8, 4) is 0 Å². The summed E-state index contributed by atoms with van der Waals surface area (Å²) in [6.45, 7) is 5.56. The van der Waals surface area contributed by atoms with Gasteiger partial charge in [0.05, 0.1) is 18.5 Å². The van der Waals surface area contributed by atoms with Gasteiger partial charge in [-0.15, -0.1) is 0 Å². The van der Waals surface area contributed by atoms with Crippen molar-refractivity contribution in [3.63, 3.8) is 0 Å². The van der Waals surface area contributed by atoms with Gasteiger partial charge in [0.1, 0.15) is 6.04 Å². The van der Waals surface area contributed by atoms with Gasteiger partial charge in [0.2, 0.25) is 10.0 Å². The van der Waals surface area contributed by atoms with Crippen LogP contribution in [0.3, 0.4) is 0 Å². The Hall–Kier alpha value is -1.44. The minimum atomic E-state index is -3.74. The number of aryl methyl sites for hydroxylation is 2. The molecule has 1 aromatic carbocycles. The van der Waals surface area contributed by atoms with E-state index < -0.39 is 28.1 Å². The van der Waals surface area contributed by atoms with Crippen molar-refractivity contribution in [1.82, 2.24) is 4.31 Å². The number of nitrogens with zero attached hydrogens (tertiary/aromatic N) is 1. The molecule has 0 radical (unpaired) electrons. The molecular weight excluding hydrogens is 306 g/mol. The SMILES string of the molecule is Cc1cccc(C)c1CS(=O)(=O)N1CCO[C@@H](C)[C@@H]1C(=O)O. The third-order valence-corrected chi connectivity index (χ3v) is 5.81. The van der Waals surface area contributed by atoms with Crippen LogP contribution in [0.1, 0.15) is 23.6 Å². The van der Waals surface area contributed by atoms with Gasteiger partial charge in [-0.25, -0.2) is 8.42 Å². The van der Waals surface area contributed by atoms with Crippen LogP contribution in [-0.4, -0.2) is 49.1 Å². The summed E-state index contributed by atoms with van der Waals surface area (Å²) in [5, 5.41) is 9.33. The normalized spacial score (nSPS) is 23.4. The molecule has 6 nitrogen and oxygen atoms in total. The Morgan fingerprint density at radius 2 is 1.95 bits per heavy atom. The molecule has 1 aliphatic heterocycles. The molecule has 0 aromatic heterocycles. The van der Waals surface area contributed by atoms with Crippen molar-refractivity contribution < 1.29 is 23.1 Å². The van der Waals surface area contributed by atoms with Crippen molar-refractivity contribution in [2.45, 2.75) is 38.7 Å². The largest absolute Gasteiger partial charge is 0.480 e. The standard InChI is InChI=1S/C15H21NO5S/c1-10-5-4-6-11(2)13(10)9-22(19,20)16-7-8-21-12(3)14(16)15(17)18/h4-6,12,14H,7-9H2,1-3H3,(H,17,18)/t12-,14+/m0/s1. The maximum Gasteiger partial charge on any atom is 0.324 e. The van der Waals surface area contributed by atoms with Crippen LogP contribution in [0.15, 0.2) is 18.2 Å². The molecule has 0 bridgehead atoms. The fourth-order valence-electron chi connectivity index (χ4n) is 2.77. The van der Waals surface area contributed by atoms with E-state index in [-0.39, 0.29) is 18.9 Å². The molecule has 1 N–H and O–H groups in total. The molecule has 1 aliphatic rings. The average molecular weight is 327 g/mol. The van der Waals surface area contributed by atoms with Gasteiger partial charge in [0.25, 0.3) is 0 Å². The first-order valence-corrected chi connectivity index (χ1v) is 8.74. The Balaban J connectivity index is 2.35. The Bertz CT molecular complexity index is 650. The van der Waals surface area contributed by atoms with E-state index in [4.69, 9.17) is 4.74 Å². The minimum Gasteiger partial charge on any atom is -0.480 e. The second-order valence-electron chi connectivity index (χ2n) is 5.60. The summed E-state index contributed by atoms with van der Waals surface area (Å²) in [4.78, 5) is 11.4. The van der Waals surface area contributed by atoms with Gasteiger partial charge in [-0.05, 0) is 37.5 Å². The molecule has 0 unspecified atom stereocenters. The van der Waals surface area contributed by atoms with Gasteiger partial charge in [0, 0.05) is 6.54 Å². The lowest BCUT2D eigenvalue weighted by Gasteiger charge is -2.36. The number of rotatable bonds is 4. The van der Waals surface area contributed by atoms with Crippen molar-refractivity contribution in [2.24, 2.45) is 0 Å². The summed E-state index contributed by atoms with van der Waals surface area (Å²) in [5.74, 6) is -1.38. The number of hydrogen-bond donors (Lipinski definition) is 1. The summed E-state index contributed by atoms with van der Waals surface area (Å²) in [6, 6.07) is 4.41. The van der Waals surface area contributed by atoms with E-state index in [0.717, 1.165) is 21.0 Å². The Morgan fingerprint density at radius 1 is 1.36 bits per heavy atom. The molecule has 22 heavy (non-hydrogen) atoms. The van der Waals surface area contributed by atoms with E-state index in [2.05, 4.69) is 0 Å². The molecule has 1 heterocycles. The highest BCUT2D eigenvalue weighted by Crippen LogP contribution is 2.23. The lowest BCUT2D eigenvalue weighted by atomic mass is 10.1. The molecule has 122 valence electrons. The fourth-order valence-corrected chi connectivity index (χ4v) is 4.72. The monoisotopic (exact) mass is 327 g/mol. The minimum absolute atomic E-state index is 0.0641. The van der Waals surface area contributed by atoms with Crippen LogP contribution in [0.5, 0.6) is 0 Å². The van der Waals surface area contributed by atoms with Crippen molar-refractivity contribution in [3.05, 3.63) is 34.9 Å². The summed E-state index contributed by atoms with van der Waals surface area (Å²) in [7, 11) is -3.74. The van der Waals surface area contributed by atoms with Gasteiger partial charge in [-0.2, -0.15) is 4.31 Å². The van der Waals surface area contributed by atoms with E-state index in [0.29, 0.717) is 0 Å². The Labute approximate surface area is 130 Å². The van der Waals surface area contributed by atoms with Gasteiger partial charge in [-0.1, -0.05) is 18.2 Å². The molecule has 0 amide bonds. The molecule has 1 saturated heterocycles. The van der Waals surface area contributed by atoms with E-state index >= 15 is 0 Å². The quantitative estimate of drug-likeness (QED) is 0.901. The Kier molecular flexibility index (Phi) is 4.89. The van der Waals surface area contributed by atoms with Crippen molar-refractivity contribution in [1.29, 1.82) is 0 Å². The van der Waals surface area contributed by atoms with Crippen LogP contribution < -0.4 is 0 Å². The van der Waals surface area contributed by atoms with Crippen LogP contribution in [0.2, 0.25) is 0 Å². The van der Waals surface area contributed by atoms with Crippen LogP contribution >= 0.6 is 0 Å². The number of carboxylic acid groups (broad SMARTS) is 1. The van der Waals surface area contributed by atoms with Crippen molar-refractivity contribution >= 4 is 16.0 Å². The summed E-state index contributed by atoms with van der Waals surface area (Å²) < 4.78 is 31.8. The number of carboxylic acids is 1. The predicted octanol–water partition coefficient (Wildman–Crippen LogP) is 1.31. The number of hydrogen-bond acceptors (Lipinski definition) is 4. The van der Waals surface area contributed by atoms with Gasteiger partial charge in [0.15, 0.2) is 0 Å². The van der Waals surface area contributed by atoms with Gasteiger partial charge in [-0.3, -0.25) is 4.79 Å². The van der Waals surface area contributed by atoms with Crippen LogP contribution in [-0.2, 0) is 25.3 Å². The smallest absolute Gasteiger partial charge is 0.324 e. The van der Waals surface area contributed by atoms with Crippen LogP contribution in [0, 0.1) is 13.8 Å². The maximum absolute atomic E-state index is 12.7. The summed E-state index contributed by atoms with van der Waals surface area (Å²) >= 11 is 0. The highest BCUT2D eigenvalue weighted by molar-refractivity contribution is 7.88. The van der Waals surface area contributed by atoms with Crippen LogP contribution in [0.4, 0.5) is 0 Å². The first kappa shape index (κ1) is 16.9. The second-order valence-corrected chi connectivity index (χ2v) is 7.52. The fraction of sp³-hybridized carbons (Fsp3) is 0.533. The first-order chi connectivity index (χ1) is 10.2. The molecule has 2 atom stereocenters. The first-order valence-electron chi connectivity index (χ1n) is 7.13. The lowest BCUT2D eigenvalue weighted by Crippen LogP contribution is -2.56. The summed E-state index contributed by atoms with van der Waals surface area (Å²) in [6.07, 6.45) is -0.668. The number of sulfonamides is 1. The van der Waals surface area contributed by atoms with Crippen molar-refractivity contribution in [2.75, 3.05) is 13.2 Å². The molecule has 0 saturated carbocycles. The summed E-state index contributed by atoms with van der Waals surface area (Å²) in [5.41, 5.74) is 2.50. The zero-order valence-electron chi connectivity index (χ0n) is 12.9. The average Bonchev–Trinajstić information content (AvgIpc) is 2.42. The third-order valence-electron chi connectivity index (χ3n) is 4.03. The third kappa shape index (κ3) is 3.31. The highest BCUT2D eigenvalue weighted by atomic mass is 32.2. The van der Waals surface area contributed by atoms with E-state index in [9.17, 15) is 18.3 Å². The second kappa shape index (κ2) is 6.36. The predicted molar refractivity (Wildman–Crippen MR) is 82.1 cm³/mol. The van der Waals surface area contributed by atoms with Crippen LogP contribution in [0.25, 0.3) is 0 Å². The number of carbonyl (C=O) groups is 1. The molecule has 0 aliphatic carbocycles. The van der Waals surface area contributed by atoms with E-state index in [1.54, 1.807) is 6.92 Å². The molecule has 1 fully saturated rings. The number of ether oxygens (including phenoxy) is 1. The van der Waals surface area contributed by atoms with Gasteiger partial charge < -0.3 is 9.84 Å². The number of aliphatic carboxylic acids is 1. The molecule has 2 rings (SSSR count). The number of benzene rings is 1. The molecule has 7 heteroatoms. The maximum atomic E-state index is 12.7. The molecule has 0 spiro atoms. The van der Waals surface area contributed by atoms with E-state index in [1.807, 2.05) is 32.0 Å².